The van der Waals surface area contributed by atoms with Crippen LogP contribution < -0.4 is 5.32 Å². The number of rotatable bonds is 10. The third-order valence-electron chi connectivity index (χ3n) is 8.03. The second kappa shape index (κ2) is 14.0. The summed E-state index contributed by atoms with van der Waals surface area (Å²) >= 11 is 0. The van der Waals surface area contributed by atoms with E-state index in [-0.39, 0.29) is 30.0 Å². The van der Waals surface area contributed by atoms with Crippen LogP contribution in [0.5, 0.6) is 0 Å². The first kappa shape index (κ1) is 31.7. The summed E-state index contributed by atoms with van der Waals surface area (Å²) in [6.45, 7) is 3.52. The van der Waals surface area contributed by atoms with E-state index in [9.17, 15) is 19.7 Å². The number of aromatic nitrogens is 2. The summed E-state index contributed by atoms with van der Waals surface area (Å²) in [4.78, 5) is 39.5. The highest BCUT2D eigenvalue weighted by Gasteiger charge is 2.40. The van der Waals surface area contributed by atoms with Crippen LogP contribution in [0.4, 0.5) is 5.69 Å². The zero-order chi connectivity index (χ0) is 33.6. The minimum atomic E-state index is -0.996. The van der Waals surface area contributed by atoms with E-state index < -0.39 is 22.8 Å². The van der Waals surface area contributed by atoms with Gasteiger partial charge in [-0.1, -0.05) is 91.0 Å². The number of ether oxygens (including phenoxy) is 2. The summed E-state index contributed by atoms with van der Waals surface area (Å²) in [5.74, 6) is -2.26. The minimum absolute atomic E-state index is 0.0146. The van der Waals surface area contributed by atoms with Crippen molar-refractivity contribution in [2.24, 2.45) is 0 Å². The molecule has 0 unspecified atom stereocenters. The number of nitrogens with zero attached hydrogens (tertiary/aromatic N) is 3. The number of non-ortho nitro benzene ring substituents is 1. The molecule has 0 radical (unpaired) electrons. The van der Waals surface area contributed by atoms with Gasteiger partial charge in [0.15, 0.2) is 0 Å². The third kappa shape index (κ3) is 6.78. The Labute approximate surface area is 277 Å². The molecule has 0 fully saturated rings. The van der Waals surface area contributed by atoms with Gasteiger partial charge in [0.1, 0.15) is 13.2 Å². The standard InChI is InChI=1S/C38H32N4O6/c1-25-33(37(43)47-23-27-13-6-3-7-14-27)35(34(26(2)39-25)38(44)48-24-28-15-8-4-9-16-28)32-22-41(30-18-10-5-11-19-30)40-36(32)29-17-12-20-31(21-29)42(45)46/h3-22,35,39H,23-24H2,1-2H3. The molecule has 2 heterocycles. The molecule has 0 amide bonds. The van der Waals surface area contributed by atoms with Crippen molar-refractivity contribution in [2.45, 2.75) is 33.0 Å². The normalized spacial score (nSPS) is 13.2. The molecule has 48 heavy (non-hydrogen) atoms. The quantitative estimate of drug-likeness (QED) is 0.0968. The molecule has 0 aliphatic carbocycles. The van der Waals surface area contributed by atoms with Crippen LogP contribution in [0.15, 0.2) is 144 Å². The fourth-order valence-corrected chi connectivity index (χ4v) is 5.75. The molecule has 1 N–H and O–H groups in total. The molecule has 10 nitrogen and oxygen atoms in total. The van der Waals surface area contributed by atoms with E-state index in [4.69, 9.17) is 14.6 Å². The van der Waals surface area contributed by atoms with Crippen LogP contribution in [0.1, 0.15) is 36.5 Å². The number of hydrogen-bond acceptors (Lipinski definition) is 8. The molecule has 0 bridgehead atoms. The van der Waals surface area contributed by atoms with E-state index in [1.165, 1.54) is 12.1 Å². The Kier molecular flexibility index (Phi) is 9.24. The Hall–Kier alpha value is -6.29. The van der Waals surface area contributed by atoms with E-state index in [1.807, 2.05) is 91.0 Å². The first-order chi connectivity index (χ1) is 23.3. The van der Waals surface area contributed by atoms with Gasteiger partial charge >= 0.3 is 11.9 Å². The Morgan fingerprint density at radius 2 is 1.29 bits per heavy atom. The maximum Gasteiger partial charge on any atom is 0.337 e. The molecule has 240 valence electrons. The van der Waals surface area contributed by atoms with Crippen molar-refractivity contribution in [2.75, 3.05) is 0 Å². The molecule has 0 spiro atoms. The Bertz CT molecular complexity index is 1960. The molecule has 10 heteroatoms. The molecule has 1 aromatic heterocycles. The predicted molar refractivity (Wildman–Crippen MR) is 179 cm³/mol. The van der Waals surface area contributed by atoms with Crippen LogP contribution in [0, 0.1) is 10.1 Å². The number of carbonyl (C=O) groups excluding carboxylic acids is 2. The lowest BCUT2D eigenvalue weighted by Crippen LogP contribution is -2.32. The first-order valence-corrected chi connectivity index (χ1v) is 15.3. The number of benzene rings is 4. The Balaban J connectivity index is 1.50. The van der Waals surface area contributed by atoms with Gasteiger partial charge in [0.25, 0.3) is 5.69 Å². The van der Waals surface area contributed by atoms with Crippen LogP contribution in [0.3, 0.4) is 0 Å². The van der Waals surface area contributed by atoms with Crippen molar-refractivity contribution < 1.29 is 24.0 Å². The molecule has 0 atom stereocenters. The molecule has 0 saturated heterocycles. The summed E-state index contributed by atoms with van der Waals surface area (Å²) in [6, 6.07) is 34.0. The van der Waals surface area contributed by atoms with Gasteiger partial charge in [-0.05, 0) is 37.1 Å². The number of nitro groups is 1. The van der Waals surface area contributed by atoms with Crippen LogP contribution in [0.25, 0.3) is 16.9 Å². The van der Waals surface area contributed by atoms with Gasteiger partial charge in [-0.15, -0.1) is 0 Å². The SMILES string of the molecule is CC1=C(C(=O)OCc2ccccc2)C(c2cn(-c3ccccc3)nc2-c2cccc([N+](=O)[O-])c2)C(C(=O)OCc2ccccc2)=C(C)N1. The molecular formula is C38H32N4O6. The monoisotopic (exact) mass is 640 g/mol. The van der Waals surface area contributed by atoms with Crippen molar-refractivity contribution in [3.8, 4) is 16.9 Å². The molecule has 0 saturated carbocycles. The fourth-order valence-electron chi connectivity index (χ4n) is 5.75. The highest BCUT2D eigenvalue weighted by atomic mass is 16.6. The van der Waals surface area contributed by atoms with Gasteiger partial charge in [-0.3, -0.25) is 10.1 Å². The lowest BCUT2D eigenvalue weighted by molar-refractivity contribution is -0.384. The van der Waals surface area contributed by atoms with Gasteiger partial charge in [0.2, 0.25) is 0 Å². The van der Waals surface area contributed by atoms with Gasteiger partial charge in [-0.2, -0.15) is 5.10 Å². The number of esters is 2. The summed E-state index contributed by atoms with van der Waals surface area (Å²) in [5, 5.41) is 19.9. The van der Waals surface area contributed by atoms with Crippen LogP contribution in [0.2, 0.25) is 0 Å². The summed E-state index contributed by atoms with van der Waals surface area (Å²) in [6.07, 6.45) is 1.75. The number of dihydropyridines is 1. The van der Waals surface area contributed by atoms with Gasteiger partial charge in [0.05, 0.1) is 33.4 Å². The highest BCUT2D eigenvalue weighted by Crippen LogP contribution is 2.43. The maximum absolute atomic E-state index is 14.1. The largest absolute Gasteiger partial charge is 0.457 e. The first-order valence-electron chi connectivity index (χ1n) is 15.3. The fraction of sp³-hybridized carbons (Fsp3) is 0.132. The lowest BCUT2D eigenvalue weighted by atomic mass is 9.79. The number of allylic oxidation sites excluding steroid dienone is 2. The summed E-state index contributed by atoms with van der Waals surface area (Å²) in [7, 11) is 0. The summed E-state index contributed by atoms with van der Waals surface area (Å²) < 4.78 is 13.3. The average Bonchev–Trinajstić information content (AvgIpc) is 3.56. The molecular weight excluding hydrogens is 608 g/mol. The van der Waals surface area contributed by atoms with E-state index in [0.717, 1.165) is 11.1 Å². The highest BCUT2D eigenvalue weighted by molar-refractivity contribution is 6.00. The number of nitrogens with one attached hydrogen (secondary N) is 1. The average molecular weight is 641 g/mol. The maximum atomic E-state index is 14.1. The number of carbonyl (C=O) groups is 2. The van der Waals surface area contributed by atoms with Crippen LogP contribution in [-0.4, -0.2) is 26.6 Å². The number of para-hydroxylation sites is 1. The number of nitro benzene ring substituents is 1. The van der Waals surface area contributed by atoms with E-state index in [1.54, 1.807) is 36.9 Å². The van der Waals surface area contributed by atoms with Gasteiger partial charge < -0.3 is 14.8 Å². The van der Waals surface area contributed by atoms with Crippen LogP contribution in [-0.2, 0) is 32.3 Å². The van der Waals surface area contributed by atoms with Crippen molar-refractivity contribution >= 4 is 17.6 Å². The van der Waals surface area contributed by atoms with Gasteiger partial charge in [-0.25, -0.2) is 14.3 Å². The zero-order valence-corrected chi connectivity index (χ0v) is 26.3. The van der Waals surface area contributed by atoms with E-state index in [2.05, 4.69) is 5.32 Å². The third-order valence-corrected chi connectivity index (χ3v) is 8.03. The predicted octanol–water partition coefficient (Wildman–Crippen LogP) is 7.17. The lowest BCUT2D eigenvalue weighted by Gasteiger charge is -2.30. The van der Waals surface area contributed by atoms with E-state index >= 15 is 0 Å². The van der Waals surface area contributed by atoms with Gasteiger partial charge in [0, 0.05) is 40.9 Å². The molecule has 1 aliphatic heterocycles. The second-order valence-electron chi connectivity index (χ2n) is 11.3. The molecule has 4 aromatic carbocycles. The topological polar surface area (TPSA) is 126 Å². The van der Waals surface area contributed by atoms with Crippen LogP contribution >= 0.6 is 0 Å². The molecule has 6 rings (SSSR count). The Morgan fingerprint density at radius 3 is 1.81 bits per heavy atom. The number of hydrogen-bond donors (Lipinski definition) is 1. The minimum Gasteiger partial charge on any atom is -0.457 e. The Morgan fingerprint density at radius 1 is 0.771 bits per heavy atom. The van der Waals surface area contributed by atoms with Crippen molar-refractivity contribution in [1.82, 2.24) is 15.1 Å². The summed E-state index contributed by atoms with van der Waals surface area (Å²) in [5.41, 5.74) is 4.84. The molecule has 5 aromatic rings. The molecule has 1 aliphatic rings. The van der Waals surface area contributed by atoms with E-state index in [0.29, 0.717) is 33.9 Å². The van der Waals surface area contributed by atoms with Crippen molar-refractivity contribution in [3.63, 3.8) is 0 Å². The smallest absolute Gasteiger partial charge is 0.337 e. The van der Waals surface area contributed by atoms with Crippen molar-refractivity contribution in [3.05, 3.63) is 171 Å². The van der Waals surface area contributed by atoms with Crippen molar-refractivity contribution in [1.29, 1.82) is 0 Å². The second-order valence-corrected chi connectivity index (χ2v) is 11.3. The zero-order valence-electron chi connectivity index (χ0n) is 26.3.